The first-order valence-electron chi connectivity index (χ1n) is 7.71. The van der Waals surface area contributed by atoms with Gasteiger partial charge in [-0.25, -0.2) is 9.38 Å². The van der Waals surface area contributed by atoms with Gasteiger partial charge in [0.1, 0.15) is 18.2 Å². The molecular formula is C17H23FN6. The predicted molar refractivity (Wildman–Crippen MR) is 92.9 cm³/mol. The highest BCUT2D eigenvalue weighted by atomic mass is 19.1. The number of nitrogens with zero attached hydrogens (tertiary/aromatic N) is 5. The van der Waals surface area contributed by atoms with Crippen molar-refractivity contribution in [2.45, 2.75) is 20.0 Å². The maximum Gasteiger partial charge on any atom is 0.194 e. The minimum atomic E-state index is -0.243. The first-order chi connectivity index (χ1) is 11.5. The largest absolute Gasteiger partial charge is 0.353 e. The van der Waals surface area contributed by atoms with Crippen LogP contribution >= 0.6 is 0 Å². The van der Waals surface area contributed by atoms with Gasteiger partial charge in [-0.1, -0.05) is 18.2 Å². The van der Waals surface area contributed by atoms with E-state index in [4.69, 9.17) is 0 Å². The van der Waals surface area contributed by atoms with Gasteiger partial charge in [0.15, 0.2) is 11.8 Å². The van der Waals surface area contributed by atoms with E-state index in [1.807, 2.05) is 36.6 Å². The van der Waals surface area contributed by atoms with E-state index in [9.17, 15) is 4.39 Å². The highest BCUT2D eigenvalue weighted by molar-refractivity contribution is 5.79. The Morgan fingerprint density at radius 3 is 2.88 bits per heavy atom. The van der Waals surface area contributed by atoms with Crippen molar-refractivity contribution >= 4 is 5.96 Å². The number of aromatic nitrogens is 3. The van der Waals surface area contributed by atoms with Crippen LogP contribution in [0.25, 0.3) is 0 Å². The van der Waals surface area contributed by atoms with Gasteiger partial charge in [-0.2, -0.15) is 0 Å². The van der Waals surface area contributed by atoms with Crippen molar-refractivity contribution in [3.63, 3.8) is 0 Å². The Morgan fingerprint density at radius 1 is 1.46 bits per heavy atom. The Kier molecular flexibility index (Phi) is 6.06. The Morgan fingerprint density at radius 2 is 2.25 bits per heavy atom. The van der Waals surface area contributed by atoms with Crippen molar-refractivity contribution in [1.29, 1.82) is 0 Å². The molecule has 0 bridgehead atoms. The average molecular weight is 330 g/mol. The molecule has 1 aromatic carbocycles. The number of nitrogens with one attached hydrogen (secondary N) is 1. The fourth-order valence-corrected chi connectivity index (χ4v) is 2.19. The van der Waals surface area contributed by atoms with Gasteiger partial charge in [0.2, 0.25) is 0 Å². The molecule has 1 aromatic heterocycles. The first kappa shape index (κ1) is 17.7. The highest BCUT2D eigenvalue weighted by Crippen LogP contribution is 2.07. The minimum Gasteiger partial charge on any atom is -0.353 e. The number of rotatable bonds is 6. The van der Waals surface area contributed by atoms with Gasteiger partial charge in [0, 0.05) is 27.2 Å². The van der Waals surface area contributed by atoms with Gasteiger partial charge >= 0.3 is 0 Å². The van der Waals surface area contributed by atoms with Gasteiger partial charge in [0.05, 0.1) is 0 Å². The summed E-state index contributed by atoms with van der Waals surface area (Å²) in [7, 11) is 3.81. The van der Waals surface area contributed by atoms with Gasteiger partial charge in [0.25, 0.3) is 0 Å². The van der Waals surface area contributed by atoms with Gasteiger partial charge in [-0.15, -0.1) is 16.8 Å². The molecule has 2 rings (SSSR count). The standard InChI is InChI=1S/C17H23FN6/c1-5-9-19-17(20-11-16-22-21-13(2)24(16)4)23(3)12-14-7-6-8-15(18)10-14/h5-8,10H,1,9,11-12H2,2-4H3,(H,19,20). The lowest BCUT2D eigenvalue weighted by Crippen LogP contribution is -2.38. The summed E-state index contributed by atoms with van der Waals surface area (Å²) < 4.78 is 15.2. The normalized spacial score (nSPS) is 11.4. The van der Waals surface area contributed by atoms with Gasteiger partial charge in [-0.3, -0.25) is 0 Å². The van der Waals surface area contributed by atoms with E-state index in [0.29, 0.717) is 25.6 Å². The zero-order valence-electron chi connectivity index (χ0n) is 14.3. The summed E-state index contributed by atoms with van der Waals surface area (Å²) in [5.41, 5.74) is 0.875. The molecule has 2 aromatic rings. The summed E-state index contributed by atoms with van der Waals surface area (Å²) in [5, 5.41) is 11.3. The second-order valence-electron chi connectivity index (χ2n) is 5.52. The highest BCUT2D eigenvalue weighted by Gasteiger charge is 2.09. The molecule has 0 aliphatic rings. The Balaban J connectivity index is 2.12. The molecule has 0 amide bonds. The number of guanidine groups is 1. The summed E-state index contributed by atoms with van der Waals surface area (Å²) in [6.45, 7) is 7.14. The fourth-order valence-electron chi connectivity index (χ4n) is 2.19. The maximum atomic E-state index is 13.3. The van der Waals surface area contributed by atoms with Crippen LogP contribution in [0.1, 0.15) is 17.2 Å². The van der Waals surface area contributed by atoms with Crippen molar-refractivity contribution in [3.8, 4) is 0 Å². The van der Waals surface area contributed by atoms with Crippen LogP contribution < -0.4 is 5.32 Å². The van der Waals surface area contributed by atoms with E-state index in [2.05, 4.69) is 27.1 Å². The molecule has 0 unspecified atom stereocenters. The van der Waals surface area contributed by atoms with E-state index in [0.717, 1.165) is 17.2 Å². The number of benzene rings is 1. The lowest BCUT2D eigenvalue weighted by molar-refractivity contribution is 0.475. The molecule has 1 N–H and O–H groups in total. The molecule has 24 heavy (non-hydrogen) atoms. The number of aryl methyl sites for hydroxylation is 1. The van der Waals surface area contributed by atoms with Gasteiger partial charge < -0.3 is 14.8 Å². The molecule has 0 atom stereocenters. The smallest absolute Gasteiger partial charge is 0.194 e. The SMILES string of the molecule is C=CCNC(=NCc1nnc(C)n1C)N(C)Cc1cccc(F)c1. The molecule has 0 saturated heterocycles. The Bertz CT molecular complexity index is 722. The van der Waals surface area contributed by atoms with Crippen LogP contribution in [0.2, 0.25) is 0 Å². The molecule has 7 heteroatoms. The summed E-state index contributed by atoms with van der Waals surface area (Å²) in [6.07, 6.45) is 1.76. The quantitative estimate of drug-likeness (QED) is 0.500. The lowest BCUT2D eigenvalue weighted by atomic mass is 10.2. The van der Waals surface area contributed by atoms with Crippen molar-refractivity contribution in [2.24, 2.45) is 12.0 Å². The maximum absolute atomic E-state index is 13.3. The molecule has 6 nitrogen and oxygen atoms in total. The monoisotopic (exact) mass is 330 g/mol. The predicted octanol–water partition coefficient (Wildman–Crippen LogP) is 2.03. The number of aliphatic imine (C=N–C) groups is 1. The molecule has 0 radical (unpaired) electrons. The Labute approximate surface area is 141 Å². The molecule has 0 fully saturated rings. The number of hydrogen-bond donors (Lipinski definition) is 1. The zero-order chi connectivity index (χ0) is 17.5. The third-order valence-corrected chi connectivity index (χ3v) is 3.63. The van der Waals surface area contributed by atoms with E-state index < -0.39 is 0 Å². The van der Waals surface area contributed by atoms with Crippen LogP contribution in [0.5, 0.6) is 0 Å². The zero-order valence-corrected chi connectivity index (χ0v) is 14.3. The lowest BCUT2D eigenvalue weighted by Gasteiger charge is -2.22. The van der Waals surface area contributed by atoms with Crippen LogP contribution in [0.15, 0.2) is 41.9 Å². The topological polar surface area (TPSA) is 58.3 Å². The number of halogens is 1. The van der Waals surface area contributed by atoms with Crippen LogP contribution in [0, 0.1) is 12.7 Å². The van der Waals surface area contributed by atoms with Crippen molar-refractivity contribution in [1.82, 2.24) is 25.0 Å². The van der Waals surface area contributed by atoms with Crippen molar-refractivity contribution in [2.75, 3.05) is 13.6 Å². The molecule has 128 valence electrons. The van der Waals surface area contributed by atoms with E-state index in [1.54, 1.807) is 12.1 Å². The second-order valence-corrected chi connectivity index (χ2v) is 5.52. The summed E-state index contributed by atoms with van der Waals surface area (Å²) >= 11 is 0. The third kappa shape index (κ3) is 4.65. The Hall–Kier alpha value is -2.70. The summed E-state index contributed by atoms with van der Waals surface area (Å²) in [4.78, 5) is 6.52. The van der Waals surface area contributed by atoms with Crippen LogP contribution in [-0.4, -0.2) is 39.2 Å². The minimum absolute atomic E-state index is 0.243. The number of hydrogen-bond acceptors (Lipinski definition) is 3. The third-order valence-electron chi connectivity index (χ3n) is 3.63. The average Bonchev–Trinajstić information content (AvgIpc) is 2.87. The first-order valence-corrected chi connectivity index (χ1v) is 7.71. The summed E-state index contributed by atoms with van der Waals surface area (Å²) in [6, 6.07) is 6.55. The summed E-state index contributed by atoms with van der Waals surface area (Å²) in [5.74, 6) is 2.08. The molecule has 1 heterocycles. The molecule has 0 spiro atoms. The van der Waals surface area contributed by atoms with Crippen molar-refractivity contribution < 1.29 is 4.39 Å². The van der Waals surface area contributed by atoms with E-state index >= 15 is 0 Å². The van der Waals surface area contributed by atoms with Crippen molar-refractivity contribution in [3.05, 3.63) is 59.9 Å². The molecule has 0 aliphatic heterocycles. The van der Waals surface area contributed by atoms with E-state index in [1.165, 1.54) is 12.1 Å². The molecular weight excluding hydrogens is 307 g/mol. The fraction of sp³-hybridized carbons (Fsp3) is 0.353. The second kappa shape index (κ2) is 8.24. The van der Waals surface area contributed by atoms with Gasteiger partial charge in [-0.05, 0) is 24.6 Å². The molecule has 0 aliphatic carbocycles. The van der Waals surface area contributed by atoms with Crippen LogP contribution in [0.4, 0.5) is 4.39 Å². The van der Waals surface area contributed by atoms with Crippen LogP contribution in [-0.2, 0) is 20.1 Å². The molecule has 0 saturated carbocycles. The van der Waals surface area contributed by atoms with Crippen LogP contribution in [0.3, 0.4) is 0 Å². The van der Waals surface area contributed by atoms with E-state index in [-0.39, 0.29) is 5.82 Å².